The Hall–Kier alpha value is -2.58. The zero-order valence-corrected chi connectivity index (χ0v) is 14.6. The van der Waals surface area contributed by atoms with Gasteiger partial charge in [-0.2, -0.15) is 15.4 Å². The highest BCUT2D eigenvalue weighted by Crippen LogP contribution is 2.26. The van der Waals surface area contributed by atoms with Crippen molar-refractivity contribution in [3.8, 4) is 11.3 Å². The lowest BCUT2D eigenvalue weighted by molar-refractivity contribution is 0.102. The van der Waals surface area contributed by atoms with Crippen molar-refractivity contribution in [3.63, 3.8) is 0 Å². The number of anilines is 1. The van der Waals surface area contributed by atoms with Gasteiger partial charge in [0, 0.05) is 21.0 Å². The Labute approximate surface area is 149 Å². The number of halogens is 1. The SMILES string of the molecule is O=C(Nc1nc(-c2ccc(Br)cc2)cs1)c1ccc2n[nH]nc2c1. The predicted molar refractivity (Wildman–Crippen MR) is 97.1 cm³/mol. The van der Waals surface area contributed by atoms with Crippen molar-refractivity contribution in [1.82, 2.24) is 20.4 Å². The number of fused-ring (bicyclic) bond motifs is 1. The molecular formula is C16H10BrN5OS. The maximum absolute atomic E-state index is 12.4. The molecule has 118 valence electrons. The molecule has 0 aliphatic carbocycles. The minimum atomic E-state index is -0.225. The number of hydrogen-bond donors (Lipinski definition) is 2. The maximum atomic E-state index is 12.4. The molecule has 0 fully saturated rings. The first-order valence-electron chi connectivity index (χ1n) is 7.02. The summed E-state index contributed by atoms with van der Waals surface area (Å²) in [4.78, 5) is 16.8. The molecular weight excluding hydrogens is 390 g/mol. The number of thiazole rings is 1. The Morgan fingerprint density at radius 3 is 2.71 bits per heavy atom. The lowest BCUT2D eigenvalue weighted by Crippen LogP contribution is -2.11. The van der Waals surface area contributed by atoms with Gasteiger partial charge in [-0.1, -0.05) is 28.1 Å². The van der Waals surface area contributed by atoms with Crippen LogP contribution >= 0.6 is 27.3 Å². The summed E-state index contributed by atoms with van der Waals surface area (Å²) in [7, 11) is 0. The highest BCUT2D eigenvalue weighted by atomic mass is 79.9. The number of rotatable bonds is 3. The fraction of sp³-hybridized carbons (Fsp3) is 0. The monoisotopic (exact) mass is 399 g/mol. The van der Waals surface area contributed by atoms with E-state index >= 15 is 0 Å². The highest BCUT2D eigenvalue weighted by molar-refractivity contribution is 9.10. The van der Waals surface area contributed by atoms with Crippen molar-refractivity contribution in [2.24, 2.45) is 0 Å². The number of aromatic amines is 1. The van der Waals surface area contributed by atoms with Gasteiger partial charge in [0.25, 0.3) is 5.91 Å². The van der Waals surface area contributed by atoms with E-state index in [9.17, 15) is 4.79 Å². The van der Waals surface area contributed by atoms with Crippen LogP contribution in [0.5, 0.6) is 0 Å². The number of aromatic nitrogens is 4. The van der Waals surface area contributed by atoms with Crippen LogP contribution in [0.15, 0.2) is 52.3 Å². The van der Waals surface area contributed by atoms with E-state index < -0.39 is 0 Å². The Balaban J connectivity index is 1.54. The van der Waals surface area contributed by atoms with E-state index in [-0.39, 0.29) is 5.91 Å². The van der Waals surface area contributed by atoms with E-state index in [1.54, 1.807) is 18.2 Å². The molecule has 0 saturated heterocycles. The highest BCUT2D eigenvalue weighted by Gasteiger charge is 2.11. The third-order valence-electron chi connectivity index (χ3n) is 3.44. The standard InChI is InChI=1S/C16H10BrN5OS/c17-11-4-1-9(2-5-11)14-8-24-16(18-14)19-15(23)10-3-6-12-13(7-10)21-22-20-12/h1-8H,(H,18,19,23)(H,20,21,22). The molecule has 0 unspecified atom stereocenters. The molecule has 0 aliphatic rings. The molecule has 2 N–H and O–H groups in total. The van der Waals surface area contributed by atoms with Crippen molar-refractivity contribution in [2.75, 3.05) is 5.32 Å². The fourth-order valence-electron chi connectivity index (χ4n) is 2.24. The quantitative estimate of drug-likeness (QED) is 0.543. The number of carbonyl (C=O) groups excluding carboxylic acids is 1. The minimum Gasteiger partial charge on any atom is -0.298 e. The van der Waals surface area contributed by atoms with E-state index in [1.165, 1.54) is 11.3 Å². The zero-order chi connectivity index (χ0) is 16.5. The molecule has 0 aliphatic heterocycles. The van der Waals surface area contributed by atoms with Gasteiger partial charge >= 0.3 is 0 Å². The first-order chi connectivity index (χ1) is 11.7. The number of benzene rings is 2. The van der Waals surface area contributed by atoms with E-state index in [1.807, 2.05) is 29.6 Å². The van der Waals surface area contributed by atoms with Gasteiger partial charge in [-0.3, -0.25) is 10.1 Å². The molecule has 0 radical (unpaired) electrons. The molecule has 4 aromatic rings. The zero-order valence-electron chi connectivity index (χ0n) is 12.2. The van der Waals surface area contributed by atoms with Crippen LogP contribution < -0.4 is 5.32 Å². The predicted octanol–water partition coefficient (Wildman–Crippen LogP) is 4.10. The van der Waals surface area contributed by atoms with Gasteiger partial charge < -0.3 is 0 Å². The molecule has 8 heteroatoms. The van der Waals surface area contributed by atoms with Crippen molar-refractivity contribution in [1.29, 1.82) is 0 Å². The van der Waals surface area contributed by atoms with Crippen molar-refractivity contribution in [3.05, 3.63) is 57.9 Å². The fourth-order valence-corrected chi connectivity index (χ4v) is 3.21. The van der Waals surface area contributed by atoms with Crippen molar-refractivity contribution in [2.45, 2.75) is 0 Å². The van der Waals surface area contributed by atoms with Gasteiger partial charge in [0.05, 0.1) is 5.69 Å². The van der Waals surface area contributed by atoms with Crippen LogP contribution in [-0.2, 0) is 0 Å². The Morgan fingerprint density at radius 1 is 1.08 bits per heavy atom. The van der Waals surface area contributed by atoms with Gasteiger partial charge in [-0.25, -0.2) is 4.98 Å². The van der Waals surface area contributed by atoms with Crippen LogP contribution in [0, 0.1) is 0 Å². The molecule has 0 atom stereocenters. The number of amides is 1. The number of hydrogen-bond acceptors (Lipinski definition) is 5. The molecule has 2 aromatic carbocycles. The van der Waals surface area contributed by atoms with Gasteiger partial charge in [-0.15, -0.1) is 11.3 Å². The summed E-state index contributed by atoms with van der Waals surface area (Å²) in [5.74, 6) is -0.225. The second kappa shape index (κ2) is 6.14. The molecule has 0 bridgehead atoms. The van der Waals surface area contributed by atoms with E-state index in [2.05, 4.69) is 41.6 Å². The largest absolute Gasteiger partial charge is 0.298 e. The average molecular weight is 400 g/mol. The maximum Gasteiger partial charge on any atom is 0.257 e. The first kappa shape index (κ1) is 15.0. The smallest absolute Gasteiger partial charge is 0.257 e. The van der Waals surface area contributed by atoms with Crippen LogP contribution in [0.2, 0.25) is 0 Å². The molecule has 6 nitrogen and oxygen atoms in total. The molecule has 2 heterocycles. The molecule has 0 spiro atoms. The second-order valence-corrected chi connectivity index (χ2v) is 6.80. The summed E-state index contributed by atoms with van der Waals surface area (Å²) < 4.78 is 1.01. The van der Waals surface area contributed by atoms with Crippen molar-refractivity contribution >= 4 is 49.3 Å². The molecule has 1 amide bonds. The molecule has 0 saturated carbocycles. The van der Waals surface area contributed by atoms with Crippen LogP contribution in [0.4, 0.5) is 5.13 Å². The summed E-state index contributed by atoms with van der Waals surface area (Å²) >= 11 is 4.80. The number of nitrogens with zero attached hydrogens (tertiary/aromatic N) is 3. The van der Waals surface area contributed by atoms with E-state index in [0.717, 1.165) is 21.2 Å². The average Bonchev–Trinajstić information content (AvgIpc) is 3.24. The Kier molecular flexibility index (Phi) is 3.83. The van der Waals surface area contributed by atoms with E-state index in [0.29, 0.717) is 16.2 Å². The first-order valence-corrected chi connectivity index (χ1v) is 8.70. The second-order valence-electron chi connectivity index (χ2n) is 5.03. The minimum absolute atomic E-state index is 0.225. The number of H-pyrrole nitrogens is 1. The third kappa shape index (κ3) is 2.93. The van der Waals surface area contributed by atoms with Crippen LogP contribution in [0.1, 0.15) is 10.4 Å². The Morgan fingerprint density at radius 2 is 1.88 bits per heavy atom. The summed E-state index contributed by atoms with van der Waals surface area (Å²) in [6.45, 7) is 0. The van der Waals surface area contributed by atoms with Crippen LogP contribution in [-0.4, -0.2) is 26.3 Å². The number of nitrogens with one attached hydrogen (secondary N) is 2. The summed E-state index contributed by atoms with van der Waals surface area (Å²) in [5, 5.41) is 15.8. The molecule has 2 aromatic heterocycles. The van der Waals surface area contributed by atoms with Gasteiger partial charge in [-0.05, 0) is 30.3 Å². The Bertz CT molecular complexity index is 1020. The lowest BCUT2D eigenvalue weighted by Gasteiger charge is -2.01. The normalized spacial score (nSPS) is 10.9. The molecule has 4 rings (SSSR count). The molecule has 24 heavy (non-hydrogen) atoms. The topological polar surface area (TPSA) is 83.6 Å². The summed E-state index contributed by atoms with van der Waals surface area (Å²) in [5.41, 5.74) is 3.71. The van der Waals surface area contributed by atoms with Crippen LogP contribution in [0.3, 0.4) is 0 Å². The third-order valence-corrected chi connectivity index (χ3v) is 4.73. The van der Waals surface area contributed by atoms with Gasteiger partial charge in [0.15, 0.2) is 5.13 Å². The summed E-state index contributed by atoms with van der Waals surface area (Å²) in [6.07, 6.45) is 0. The van der Waals surface area contributed by atoms with Gasteiger partial charge in [0.2, 0.25) is 0 Å². The van der Waals surface area contributed by atoms with Gasteiger partial charge in [0.1, 0.15) is 11.0 Å². The number of carbonyl (C=O) groups is 1. The summed E-state index contributed by atoms with van der Waals surface area (Å²) in [6, 6.07) is 13.0. The van der Waals surface area contributed by atoms with Crippen molar-refractivity contribution < 1.29 is 4.79 Å². The lowest BCUT2D eigenvalue weighted by atomic mass is 10.2. The van der Waals surface area contributed by atoms with E-state index in [4.69, 9.17) is 0 Å². The van der Waals surface area contributed by atoms with Crippen LogP contribution in [0.25, 0.3) is 22.3 Å².